The summed E-state index contributed by atoms with van der Waals surface area (Å²) in [5, 5.41) is 3.08. The van der Waals surface area contributed by atoms with Gasteiger partial charge < -0.3 is 14.8 Å². The van der Waals surface area contributed by atoms with E-state index in [4.69, 9.17) is 9.47 Å². The van der Waals surface area contributed by atoms with Crippen LogP contribution in [0.5, 0.6) is 5.75 Å². The summed E-state index contributed by atoms with van der Waals surface area (Å²) in [6.45, 7) is 9.13. The molecule has 1 saturated carbocycles. The molecule has 1 N–H and O–H groups in total. The monoisotopic (exact) mass is 381 g/mol. The van der Waals surface area contributed by atoms with Crippen molar-refractivity contribution in [1.82, 2.24) is 0 Å². The Bertz CT molecular complexity index is 791. The Balaban J connectivity index is 1.70. The summed E-state index contributed by atoms with van der Waals surface area (Å²) in [5.74, 6) is 1.13. The van der Waals surface area contributed by atoms with Gasteiger partial charge in [0.15, 0.2) is 0 Å². The van der Waals surface area contributed by atoms with E-state index in [-0.39, 0.29) is 5.91 Å². The van der Waals surface area contributed by atoms with Crippen LogP contribution in [0.1, 0.15) is 49.8 Å². The van der Waals surface area contributed by atoms with E-state index in [0.29, 0.717) is 19.1 Å². The first kappa shape index (κ1) is 20.4. The zero-order chi connectivity index (χ0) is 20.1. The molecule has 0 saturated heterocycles. The van der Waals surface area contributed by atoms with Crippen LogP contribution in [0.25, 0.3) is 0 Å². The number of anilines is 1. The van der Waals surface area contributed by atoms with Crippen molar-refractivity contribution in [2.75, 3.05) is 11.9 Å². The van der Waals surface area contributed by atoms with Gasteiger partial charge in [0.25, 0.3) is 5.91 Å². The number of ether oxygens (including phenoxy) is 2. The summed E-state index contributed by atoms with van der Waals surface area (Å²) < 4.78 is 12.0. The van der Waals surface area contributed by atoms with Gasteiger partial charge in [-0.1, -0.05) is 37.3 Å². The first-order valence-corrected chi connectivity index (χ1v) is 10.2. The molecule has 1 aliphatic carbocycles. The maximum Gasteiger partial charge on any atom is 0.256 e. The molecule has 4 heteroatoms. The minimum Gasteiger partial charge on any atom is -0.488 e. The molecule has 0 heterocycles. The Morgan fingerprint density at radius 1 is 1.14 bits per heavy atom. The van der Waals surface area contributed by atoms with Crippen molar-refractivity contribution >= 4 is 11.6 Å². The lowest BCUT2D eigenvalue weighted by Crippen LogP contribution is -2.45. The Morgan fingerprint density at radius 3 is 2.36 bits per heavy atom. The lowest BCUT2D eigenvalue weighted by molar-refractivity contribution is -0.142. The largest absolute Gasteiger partial charge is 0.488 e. The molecule has 4 nitrogen and oxygen atoms in total. The molecule has 1 fully saturated rings. The molecule has 28 heavy (non-hydrogen) atoms. The molecule has 0 unspecified atom stereocenters. The first-order chi connectivity index (χ1) is 13.4. The molecule has 1 atom stereocenters. The van der Waals surface area contributed by atoms with E-state index < -0.39 is 5.60 Å². The molecule has 2 aromatic rings. The molecule has 1 amide bonds. The van der Waals surface area contributed by atoms with Crippen LogP contribution >= 0.6 is 0 Å². The maximum absolute atomic E-state index is 13.0. The highest BCUT2D eigenvalue weighted by Crippen LogP contribution is 2.42. The van der Waals surface area contributed by atoms with Crippen molar-refractivity contribution in [1.29, 1.82) is 0 Å². The zero-order valence-corrected chi connectivity index (χ0v) is 17.4. The van der Waals surface area contributed by atoms with E-state index in [1.54, 1.807) is 0 Å². The third-order valence-electron chi connectivity index (χ3n) is 5.36. The summed E-state index contributed by atoms with van der Waals surface area (Å²) in [5.41, 5.74) is 3.19. The second-order valence-corrected chi connectivity index (χ2v) is 7.90. The molecule has 0 spiro atoms. The van der Waals surface area contributed by atoms with Gasteiger partial charge in [0.05, 0.1) is 0 Å². The van der Waals surface area contributed by atoms with Crippen LogP contribution in [0.3, 0.4) is 0 Å². The number of hydrogen-bond donors (Lipinski definition) is 1. The van der Waals surface area contributed by atoms with Gasteiger partial charge in [-0.2, -0.15) is 0 Å². The van der Waals surface area contributed by atoms with Gasteiger partial charge in [-0.15, -0.1) is 0 Å². The molecule has 0 aromatic heterocycles. The van der Waals surface area contributed by atoms with Crippen molar-refractivity contribution in [3.05, 3.63) is 59.2 Å². The molecule has 2 aromatic carbocycles. The fourth-order valence-electron chi connectivity index (χ4n) is 3.55. The summed E-state index contributed by atoms with van der Waals surface area (Å²) in [7, 11) is 0. The minimum absolute atomic E-state index is 0.0554. The number of carbonyl (C=O) groups is 1. The highest BCUT2D eigenvalue weighted by Gasteiger charge is 2.48. The molecule has 150 valence electrons. The standard InChI is InChI=1S/C24H31NO3/c1-5-13-28-24(4,20-11-12-20)23(26)25-21-14-17(2)22(18(3)15-21)27-16-19-9-7-6-8-10-19/h6-10,14-15,20H,5,11-13,16H2,1-4H3,(H,25,26)/t24-/m0/s1. The minimum atomic E-state index is -0.750. The van der Waals surface area contributed by atoms with Crippen molar-refractivity contribution in [3.63, 3.8) is 0 Å². The third-order valence-corrected chi connectivity index (χ3v) is 5.36. The topological polar surface area (TPSA) is 47.6 Å². The number of hydrogen-bond acceptors (Lipinski definition) is 3. The lowest BCUT2D eigenvalue weighted by atomic mass is 9.98. The average molecular weight is 382 g/mol. The van der Waals surface area contributed by atoms with Gasteiger partial charge in [0.2, 0.25) is 0 Å². The molecule has 1 aliphatic rings. The highest BCUT2D eigenvalue weighted by molar-refractivity contribution is 5.97. The van der Waals surface area contributed by atoms with Crippen molar-refractivity contribution in [2.24, 2.45) is 5.92 Å². The number of carbonyl (C=O) groups excluding carboxylic acids is 1. The normalized spacial score (nSPS) is 15.7. The van der Waals surface area contributed by atoms with Crippen LogP contribution in [0.15, 0.2) is 42.5 Å². The highest BCUT2D eigenvalue weighted by atomic mass is 16.5. The van der Waals surface area contributed by atoms with Crippen LogP contribution in [0.4, 0.5) is 5.69 Å². The van der Waals surface area contributed by atoms with Crippen molar-refractivity contribution < 1.29 is 14.3 Å². The van der Waals surface area contributed by atoms with E-state index in [9.17, 15) is 4.79 Å². The Kier molecular flexibility index (Phi) is 6.40. The van der Waals surface area contributed by atoms with Crippen LogP contribution in [-0.2, 0) is 16.1 Å². The van der Waals surface area contributed by atoms with Gasteiger partial charge >= 0.3 is 0 Å². The maximum atomic E-state index is 13.0. The predicted molar refractivity (Wildman–Crippen MR) is 113 cm³/mol. The second-order valence-electron chi connectivity index (χ2n) is 7.90. The van der Waals surface area contributed by atoms with E-state index >= 15 is 0 Å². The molecule has 3 rings (SSSR count). The van der Waals surface area contributed by atoms with E-state index in [2.05, 4.69) is 12.2 Å². The quantitative estimate of drug-likeness (QED) is 0.631. The van der Waals surface area contributed by atoms with Crippen LogP contribution < -0.4 is 10.1 Å². The van der Waals surface area contributed by atoms with Crippen LogP contribution in [0.2, 0.25) is 0 Å². The fourth-order valence-corrected chi connectivity index (χ4v) is 3.55. The Morgan fingerprint density at radius 2 is 1.79 bits per heavy atom. The molecular formula is C24H31NO3. The summed E-state index contributed by atoms with van der Waals surface area (Å²) in [4.78, 5) is 13.0. The summed E-state index contributed by atoms with van der Waals surface area (Å²) in [6.07, 6.45) is 3.01. The number of rotatable bonds is 9. The molecule has 0 aliphatic heterocycles. The SMILES string of the molecule is CCCO[C@](C)(C(=O)Nc1cc(C)c(OCc2ccccc2)c(C)c1)C1CC1. The number of nitrogens with one attached hydrogen (secondary N) is 1. The van der Waals surface area contributed by atoms with Crippen LogP contribution in [-0.4, -0.2) is 18.1 Å². The van der Waals surface area contributed by atoms with Crippen molar-refractivity contribution in [2.45, 2.75) is 59.2 Å². The van der Waals surface area contributed by atoms with E-state index in [1.165, 1.54) is 0 Å². The van der Waals surface area contributed by atoms with Gasteiger partial charge in [0, 0.05) is 12.3 Å². The van der Waals surface area contributed by atoms with Gasteiger partial charge in [-0.05, 0) is 74.8 Å². The summed E-state index contributed by atoms with van der Waals surface area (Å²) in [6, 6.07) is 14.1. The second kappa shape index (κ2) is 8.78. The Labute approximate surface area is 168 Å². The summed E-state index contributed by atoms with van der Waals surface area (Å²) >= 11 is 0. The van der Waals surface area contributed by atoms with Gasteiger partial charge in [-0.25, -0.2) is 0 Å². The lowest BCUT2D eigenvalue weighted by Gasteiger charge is -2.29. The smallest absolute Gasteiger partial charge is 0.256 e. The van der Waals surface area contributed by atoms with E-state index in [0.717, 1.165) is 47.4 Å². The average Bonchev–Trinajstić information content (AvgIpc) is 3.52. The number of aryl methyl sites for hydroxylation is 2. The van der Waals surface area contributed by atoms with Crippen LogP contribution in [0, 0.1) is 19.8 Å². The molecule has 0 bridgehead atoms. The Hall–Kier alpha value is -2.33. The van der Waals surface area contributed by atoms with Gasteiger partial charge in [-0.3, -0.25) is 4.79 Å². The zero-order valence-electron chi connectivity index (χ0n) is 17.4. The van der Waals surface area contributed by atoms with Crippen molar-refractivity contribution in [3.8, 4) is 5.75 Å². The number of amides is 1. The third kappa shape index (κ3) is 4.74. The first-order valence-electron chi connectivity index (χ1n) is 10.2. The number of benzene rings is 2. The predicted octanol–water partition coefficient (Wildman–Crippen LogP) is 5.42. The molecule has 0 radical (unpaired) electrons. The fraction of sp³-hybridized carbons (Fsp3) is 0.458. The van der Waals surface area contributed by atoms with E-state index in [1.807, 2.05) is 63.2 Å². The van der Waals surface area contributed by atoms with Gasteiger partial charge in [0.1, 0.15) is 18.0 Å². The molecular weight excluding hydrogens is 350 g/mol.